The third-order valence-corrected chi connectivity index (χ3v) is 2.08. The van der Waals surface area contributed by atoms with E-state index in [1.165, 1.54) is 26.0 Å². The van der Waals surface area contributed by atoms with Crippen molar-refractivity contribution in [1.82, 2.24) is 0 Å². The molecule has 2 unspecified atom stereocenters. The number of rotatable bonds is 8. The molecule has 0 aliphatic carbocycles. The fourth-order valence-electron chi connectivity index (χ4n) is 1.29. The van der Waals surface area contributed by atoms with Crippen LogP contribution in [0.25, 0.3) is 0 Å². The molecule has 7 heteroatoms. The summed E-state index contributed by atoms with van der Waals surface area (Å²) in [6.45, 7) is 10.1. The van der Waals surface area contributed by atoms with Gasteiger partial charge in [-0.15, -0.1) is 0 Å². The second-order valence-electron chi connectivity index (χ2n) is 4.36. The number of aliphatic hydroxyl groups excluding tert-OH is 2. The van der Waals surface area contributed by atoms with Crippen molar-refractivity contribution in [3.63, 3.8) is 0 Å². The predicted octanol–water partition coefficient (Wildman–Crippen LogP) is 2.63. The molecule has 2 atom stereocenters. The highest BCUT2D eigenvalue weighted by Gasteiger charge is 2.01. The molecule has 24 heavy (non-hydrogen) atoms. The molecule has 0 bridgehead atoms. The maximum absolute atomic E-state index is 10.4. The third kappa shape index (κ3) is 12.1. The average Bonchev–Trinajstić information content (AvgIpc) is 2.52. The van der Waals surface area contributed by atoms with Crippen molar-refractivity contribution in [1.29, 1.82) is 0 Å². The Morgan fingerprint density at radius 2 is 1.29 bits per heavy atom. The van der Waals surface area contributed by atoms with Crippen molar-refractivity contribution in [3.05, 3.63) is 49.6 Å². The van der Waals surface area contributed by atoms with Gasteiger partial charge >= 0.3 is 6.16 Å². The lowest BCUT2D eigenvalue weighted by atomic mass is 10.3. The summed E-state index contributed by atoms with van der Waals surface area (Å²) in [5.41, 5.74) is 0. The largest absolute Gasteiger partial charge is 0.508 e. The van der Waals surface area contributed by atoms with Crippen molar-refractivity contribution in [2.75, 3.05) is 13.2 Å². The number of aliphatic hydroxyl groups is 2. The lowest BCUT2D eigenvalue weighted by Gasteiger charge is -2.11. The quantitative estimate of drug-likeness (QED) is 0.427. The molecule has 0 saturated carbocycles. The first-order valence-electron chi connectivity index (χ1n) is 7.19. The Kier molecular flexibility index (Phi) is 11.6. The summed E-state index contributed by atoms with van der Waals surface area (Å²) < 4.78 is 19.0. The van der Waals surface area contributed by atoms with Crippen LogP contribution >= 0.6 is 0 Å². The maximum atomic E-state index is 10.4. The molecule has 134 valence electrons. The van der Waals surface area contributed by atoms with Gasteiger partial charge in [-0.2, -0.15) is 0 Å². The Balaban J connectivity index is 0.000000470. The van der Waals surface area contributed by atoms with Crippen molar-refractivity contribution >= 4 is 6.16 Å². The molecule has 0 radical (unpaired) electrons. The standard InChI is InChI=1S/C10H14O4.C7H10O3/c1-7(11)13-9-3-5-10(6-4-9)14-8(2)12;1-3-5-9-7(8)10-6-4-2/h3-8,11-12H,1-2H3;3-4H,1-2,5-6H2. The van der Waals surface area contributed by atoms with Crippen LogP contribution in [0.5, 0.6) is 11.5 Å². The minimum atomic E-state index is -0.835. The van der Waals surface area contributed by atoms with Crippen LogP contribution in [0.15, 0.2) is 49.6 Å². The highest BCUT2D eigenvalue weighted by molar-refractivity contribution is 5.60. The van der Waals surface area contributed by atoms with Gasteiger partial charge in [0, 0.05) is 0 Å². The Hall–Kier alpha value is -2.51. The molecule has 7 nitrogen and oxygen atoms in total. The van der Waals surface area contributed by atoms with Crippen molar-refractivity contribution in [2.45, 2.75) is 26.4 Å². The summed E-state index contributed by atoms with van der Waals surface area (Å²) in [5, 5.41) is 17.9. The Morgan fingerprint density at radius 1 is 0.958 bits per heavy atom. The summed E-state index contributed by atoms with van der Waals surface area (Å²) in [5.74, 6) is 1.11. The fourth-order valence-corrected chi connectivity index (χ4v) is 1.29. The number of carbonyl (C=O) groups excluding carboxylic acids is 1. The molecule has 1 rings (SSSR count). The van der Waals surface area contributed by atoms with E-state index < -0.39 is 18.7 Å². The van der Waals surface area contributed by atoms with Gasteiger partial charge in [-0.1, -0.05) is 25.3 Å². The zero-order chi connectivity index (χ0) is 18.4. The first-order chi connectivity index (χ1) is 11.4. The van der Waals surface area contributed by atoms with Crippen LogP contribution in [0.1, 0.15) is 13.8 Å². The molecule has 0 spiro atoms. The van der Waals surface area contributed by atoms with E-state index in [9.17, 15) is 4.79 Å². The van der Waals surface area contributed by atoms with Gasteiger partial charge in [0.1, 0.15) is 24.7 Å². The van der Waals surface area contributed by atoms with E-state index in [2.05, 4.69) is 22.6 Å². The number of benzene rings is 1. The van der Waals surface area contributed by atoms with Crippen LogP contribution in [-0.4, -0.2) is 42.2 Å². The van der Waals surface area contributed by atoms with E-state index in [1.54, 1.807) is 24.3 Å². The molecule has 1 aromatic carbocycles. The molecule has 2 N–H and O–H groups in total. The lowest BCUT2D eigenvalue weighted by molar-refractivity contribution is -0.00360. The summed E-state index contributed by atoms with van der Waals surface area (Å²) >= 11 is 0. The fraction of sp³-hybridized carbons (Fsp3) is 0.353. The molecule has 0 aliphatic heterocycles. The molecule has 0 amide bonds. The Bertz CT molecular complexity index is 437. The van der Waals surface area contributed by atoms with Crippen molar-refractivity contribution in [3.8, 4) is 11.5 Å². The minimum absolute atomic E-state index is 0.177. The SMILES string of the molecule is C=CCOC(=O)OCC=C.CC(O)Oc1ccc(OC(C)O)cc1. The highest BCUT2D eigenvalue weighted by atomic mass is 16.7. The van der Waals surface area contributed by atoms with E-state index in [4.69, 9.17) is 19.7 Å². The van der Waals surface area contributed by atoms with Gasteiger partial charge in [-0.3, -0.25) is 0 Å². The molecule has 0 heterocycles. The summed E-state index contributed by atoms with van der Waals surface area (Å²) in [7, 11) is 0. The molecule has 0 aromatic heterocycles. The van der Waals surface area contributed by atoms with Crippen molar-refractivity contribution in [2.24, 2.45) is 0 Å². The molecule has 0 aliphatic rings. The van der Waals surface area contributed by atoms with Gasteiger partial charge in [-0.05, 0) is 38.1 Å². The first-order valence-corrected chi connectivity index (χ1v) is 7.19. The maximum Gasteiger partial charge on any atom is 0.508 e. The highest BCUT2D eigenvalue weighted by Crippen LogP contribution is 2.18. The van der Waals surface area contributed by atoms with Crippen molar-refractivity contribution < 1.29 is 34.0 Å². The second-order valence-corrected chi connectivity index (χ2v) is 4.36. The molecule has 0 fully saturated rings. The normalized spacial score (nSPS) is 11.8. The monoisotopic (exact) mass is 340 g/mol. The second kappa shape index (κ2) is 13.0. The molecule has 1 aromatic rings. The number of carbonyl (C=O) groups is 1. The van der Waals surface area contributed by atoms with Crippen LogP contribution in [0.4, 0.5) is 4.79 Å². The van der Waals surface area contributed by atoms with Gasteiger partial charge in [0.2, 0.25) is 0 Å². The molecular weight excluding hydrogens is 316 g/mol. The van der Waals surface area contributed by atoms with Crippen LogP contribution in [0.2, 0.25) is 0 Å². The van der Waals surface area contributed by atoms with Gasteiger partial charge in [0.05, 0.1) is 0 Å². The number of hydrogen-bond acceptors (Lipinski definition) is 7. The van der Waals surface area contributed by atoms with E-state index in [0.29, 0.717) is 11.5 Å². The zero-order valence-electron chi connectivity index (χ0n) is 13.9. The zero-order valence-corrected chi connectivity index (χ0v) is 13.9. The van der Waals surface area contributed by atoms with Gasteiger partial charge in [-0.25, -0.2) is 4.79 Å². The topological polar surface area (TPSA) is 94.5 Å². The smallest absolute Gasteiger partial charge is 0.465 e. The van der Waals surface area contributed by atoms with Gasteiger partial charge in [0.15, 0.2) is 12.6 Å². The van der Waals surface area contributed by atoms with E-state index >= 15 is 0 Å². The predicted molar refractivity (Wildman–Crippen MR) is 88.8 cm³/mol. The van der Waals surface area contributed by atoms with Crippen LogP contribution < -0.4 is 9.47 Å². The Labute approximate surface area is 141 Å². The summed E-state index contributed by atoms with van der Waals surface area (Å²) in [4.78, 5) is 10.4. The number of ether oxygens (including phenoxy) is 4. The number of hydrogen-bond donors (Lipinski definition) is 2. The van der Waals surface area contributed by atoms with E-state index in [1.807, 2.05) is 0 Å². The van der Waals surface area contributed by atoms with Gasteiger partial charge in [0.25, 0.3) is 0 Å². The van der Waals surface area contributed by atoms with Gasteiger partial charge < -0.3 is 29.2 Å². The van der Waals surface area contributed by atoms with Crippen LogP contribution in [0.3, 0.4) is 0 Å². The van der Waals surface area contributed by atoms with E-state index in [-0.39, 0.29) is 13.2 Å². The third-order valence-electron chi connectivity index (χ3n) is 2.08. The minimum Gasteiger partial charge on any atom is -0.465 e. The first kappa shape index (κ1) is 21.5. The van der Waals surface area contributed by atoms with Crippen LogP contribution in [-0.2, 0) is 9.47 Å². The summed E-state index contributed by atoms with van der Waals surface area (Å²) in [6, 6.07) is 6.63. The summed E-state index contributed by atoms with van der Waals surface area (Å²) in [6.07, 6.45) is 0.571. The molecule has 0 saturated heterocycles. The van der Waals surface area contributed by atoms with E-state index in [0.717, 1.165) is 0 Å². The molecular formula is C17H24O7. The lowest BCUT2D eigenvalue weighted by Crippen LogP contribution is -2.10. The average molecular weight is 340 g/mol. The van der Waals surface area contributed by atoms with Crippen LogP contribution in [0, 0.1) is 0 Å². The Morgan fingerprint density at radius 3 is 1.54 bits per heavy atom.